The monoisotopic (exact) mass is 285 g/mol. The van der Waals surface area contributed by atoms with E-state index in [2.05, 4.69) is 31.3 Å². The van der Waals surface area contributed by atoms with Crippen molar-refractivity contribution in [2.24, 2.45) is 0 Å². The van der Waals surface area contributed by atoms with Crippen LogP contribution in [-0.2, 0) is 13.0 Å². The molecule has 0 radical (unpaired) electrons. The molecule has 2 aromatic rings. The van der Waals surface area contributed by atoms with E-state index < -0.39 is 0 Å². The Balaban J connectivity index is 1.79. The summed E-state index contributed by atoms with van der Waals surface area (Å²) in [4.78, 5) is 4.13. The molecule has 1 unspecified atom stereocenters. The highest BCUT2D eigenvalue weighted by molar-refractivity contribution is 7.11. The van der Waals surface area contributed by atoms with Crippen LogP contribution in [0.3, 0.4) is 0 Å². The third kappa shape index (κ3) is 4.11. The maximum absolute atomic E-state index is 5.89. The summed E-state index contributed by atoms with van der Waals surface area (Å²) in [6, 6.07) is 6.93. The van der Waals surface area contributed by atoms with Gasteiger partial charge in [0.25, 0.3) is 0 Å². The summed E-state index contributed by atoms with van der Waals surface area (Å²) < 4.78 is 0. The lowest BCUT2D eigenvalue weighted by atomic mass is 10.2. The first-order valence-corrected chi connectivity index (χ1v) is 7.72. The van der Waals surface area contributed by atoms with Crippen LogP contribution < -0.4 is 5.32 Å². The molecule has 2 aromatic heterocycles. The topological polar surface area (TPSA) is 12.0 Å². The number of hydrogen-bond donors (Lipinski definition) is 1. The van der Waals surface area contributed by atoms with Gasteiger partial charge in [-0.2, -0.15) is 0 Å². The molecule has 1 N–H and O–H groups in total. The van der Waals surface area contributed by atoms with Crippen LogP contribution in [0.2, 0.25) is 5.02 Å². The molecule has 0 aliphatic heterocycles. The Morgan fingerprint density at radius 3 is 2.76 bits per heavy atom. The van der Waals surface area contributed by atoms with E-state index in [1.165, 1.54) is 14.6 Å². The average molecular weight is 286 g/mol. The van der Waals surface area contributed by atoms with Gasteiger partial charge < -0.3 is 5.32 Å². The smallest absolute Gasteiger partial charge is 0.0516 e. The van der Waals surface area contributed by atoms with Crippen LogP contribution in [0.5, 0.6) is 0 Å². The van der Waals surface area contributed by atoms with Crippen molar-refractivity contribution in [2.45, 2.75) is 32.9 Å². The minimum absolute atomic E-state index is 0.494. The lowest BCUT2D eigenvalue weighted by Gasteiger charge is -2.11. The zero-order chi connectivity index (χ0) is 12.3. The molecule has 2 rings (SSSR count). The second-order valence-electron chi connectivity index (χ2n) is 4.23. The largest absolute Gasteiger partial charge is 0.309 e. The summed E-state index contributed by atoms with van der Waals surface area (Å²) in [6.07, 6.45) is 1.09. The maximum atomic E-state index is 5.89. The fraction of sp³-hybridized carbons (Fsp3) is 0.385. The van der Waals surface area contributed by atoms with Crippen LogP contribution in [0, 0.1) is 6.92 Å². The highest BCUT2D eigenvalue weighted by atomic mass is 35.5. The minimum Gasteiger partial charge on any atom is -0.309 e. The highest BCUT2D eigenvalue weighted by Gasteiger charge is 2.06. The van der Waals surface area contributed by atoms with E-state index in [9.17, 15) is 0 Å². The van der Waals surface area contributed by atoms with Crippen LogP contribution in [0.15, 0.2) is 23.6 Å². The van der Waals surface area contributed by atoms with Crippen molar-refractivity contribution in [3.8, 4) is 0 Å². The third-order valence-electron chi connectivity index (χ3n) is 2.55. The van der Waals surface area contributed by atoms with Crippen molar-refractivity contribution in [1.82, 2.24) is 5.32 Å². The number of hydrogen-bond acceptors (Lipinski definition) is 3. The molecule has 0 aliphatic rings. The van der Waals surface area contributed by atoms with Gasteiger partial charge >= 0.3 is 0 Å². The van der Waals surface area contributed by atoms with Crippen LogP contribution in [0.4, 0.5) is 0 Å². The molecule has 17 heavy (non-hydrogen) atoms. The van der Waals surface area contributed by atoms with Gasteiger partial charge in [-0.25, -0.2) is 0 Å². The molecule has 0 aromatic carbocycles. The normalized spacial score (nSPS) is 12.9. The lowest BCUT2D eigenvalue weighted by molar-refractivity contribution is 0.552. The third-order valence-corrected chi connectivity index (χ3v) is 4.86. The van der Waals surface area contributed by atoms with Crippen molar-refractivity contribution in [1.29, 1.82) is 0 Å². The first-order chi connectivity index (χ1) is 8.13. The van der Waals surface area contributed by atoms with Gasteiger partial charge in [-0.1, -0.05) is 11.6 Å². The molecule has 0 saturated carbocycles. The van der Waals surface area contributed by atoms with Gasteiger partial charge in [0.2, 0.25) is 0 Å². The zero-order valence-electron chi connectivity index (χ0n) is 10.00. The van der Waals surface area contributed by atoms with Gasteiger partial charge in [0.05, 0.1) is 5.02 Å². The fourth-order valence-corrected chi connectivity index (χ4v) is 3.73. The van der Waals surface area contributed by atoms with E-state index in [0.717, 1.165) is 18.0 Å². The second-order valence-corrected chi connectivity index (χ2v) is 7.03. The molecule has 0 fully saturated rings. The summed E-state index contributed by atoms with van der Waals surface area (Å²) in [6.45, 7) is 5.28. The molecule has 1 nitrogen and oxygen atoms in total. The molecule has 0 saturated heterocycles. The SMILES string of the molecule is Cc1ccc(CC(C)NCc2cc(Cl)cs2)s1. The quantitative estimate of drug-likeness (QED) is 0.853. The van der Waals surface area contributed by atoms with Crippen molar-refractivity contribution < 1.29 is 0 Å². The molecule has 0 spiro atoms. The Labute approximate surface area is 115 Å². The summed E-state index contributed by atoms with van der Waals surface area (Å²) >= 11 is 9.49. The predicted molar refractivity (Wildman–Crippen MR) is 78.4 cm³/mol. The van der Waals surface area contributed by atoms with Crippen molar-refractivity contribution in [3.05, 3.63) is 43.2 Å². The Kier molecular flexibility index (Phi) is 4.62. The molecule has 0 bridgehead atoms. The summed E-state index contributed by atoms with van der Waals surface area (Å²) in [5.74, 6) is 0. The van der Waals surface area contributed by atoms with E-state index in [1.807, 2.05) is 22.8 Å². The second kappa shape index (κ2) is 6.01. The molecule has 4 heteroatoms. The molecular formula is C13H16ClNS2. The van der Waals surface area contributed by atoms with Crippen molar-refractivity contribution in [2.75, 3.05) is 0 Å². The maximum Gasteiger partial charge on any atom is 0.0516 e. The lowest BCUT2D eigenvalue weighted by Crippen LogP contribution is -2.26. The number of nitrogens with one attached hydrogen (secondary N) is 1. The van der Waals surface area contributed by atoms with Gasteiger partial charge in [0, 0.05) is 32.6 Å². The molecule has 1 atom stereocenters. The van der Waals surface area contributed by atoms with Gasteiger partial charge in [-0.05, 0) is 38.5 Å². The van der Waals surface area contributed by atoms with Gasteiger partial charge in [-0.15, -0.1) is 22.7 Å². The van der Waals surface area contributed by atoms with E-state index in [4.69, 9.17) is 11.6 Å². The fourth-order valence-electron chi connectivity index (χ4n) is 1.69. The van der Waals surface area contributed by atoms with E-state index in [-0.39, 0.29) is 0 Å². The molecule has 0 amide bonds. The van der Waals surface area contributed by atoms with Crippen LogP contribution in [-0.4, -0.2) is 6.04 Å². The van der Waals surface area contributed by atoms with Crippen LogP contribution in [0.25, 0.3) is 0 Å². The van der Waals surface area contributed by atoms with E-state index in [1.54, 1.807) is 11.3 Å². The average Bonchev–Trinajstić information content (AvgIpc) is 2.85. The van der Waals surface area contributed by atoms with Gasteiger partial charge in [0.15, 0.2) is 0 Å². The Morgan fingerprint density at radius 1 is 1.35 bits per heavy atom. The number of thiophene rings is 2. The predicted octanol–water partition coefficient (Wildman–Crippen LogP) is 4.49. The summed E-state index contributed by atoms with van der Waals surface area (Å²) in [7, 11) is 0. The molecular weight excluding hydrogens is 270 g/mol. The first kappa shape index (κ1) is 13.1. The van der Waals surface area contributed by atoms with E-state index >= 15 is 0 Å². The Bertz CT molecular complexity index is 475. The van der Waals surface area contributed by atoms with Crippen molar-refractivity contribution in [3.63, 3.8) is 0 Å². The molecule has 92 valence electrons. The summed E-state index contributed by atoms with van der Waals surface area (Å²) in [5, 5.41) is 6.35. The zero-order valence-corrected chi connectivity index (χ0v) is 12.4. The van der Waals surface area contributed by atoms with Crippen molar-refractivity contribution >= 4 is 34.3 Å². The Hall–Kier alpha value is -0.350. The molecule has 2 heterocycles. The standard InChI is InChI=1S/C13H16ClNS2/c1-9(5-12-4-3-10(2)17-12)15-7-13-6-11(14)8-16-13/h3-4,6,8-9,15H,5,7H2,1-2H3. The highest BCUT2D eigenvalue weighted by Crippen LogP contribution is 2.20. The summed E-state index contributed by atoms with van der Waals surface area (Å²) in [5.41, 5.74) is 0. The number of rotatable bonds is 5. The molecule has 0 aliphatic carbocycles. The number of halogens is 1. The van der Waals surface area contributed by atoms with Crippen LogP contribution >= 0.6 is 34.3 Å². The van der Waals surface area contributed by atoms with Gasteiger partial charge in [-0.3, -0.25) is 0 Å². The number of aryl methyl sites for hydroxylation is 1. The Morgan fingerprint density at radius 2 is 2.18 bits per heavy atom. The minimum atomic E-state index is 0.494. The van der Waals surface area contributed by atoms with Crippen LogP contribution in [0.1, 0.15) is 21.6 Å². The first-order valence-electron chi connectivity index (χ1n) is 5.65. The van der Waals surface area contributed by atoms with E-state index in [0.29, 0.717) is 6.04 Å². The van der Waals surface area contributed by atoms with Gasteiger partial charge in [0.1, 0.15) is 0 Å².